The molecule has 0 aromatic heterocycles. The highest BCUT2D eigenvalue weighted by Crippen LogP contribution is 2.71. The molecule has 6 nitrogen and oxygen atoms in total. The molecule has 0 radical (unpaired) electrons. The maximum absolute atomic E-state index is 12.1. The van der Waals surface area contributed by atoms with Crippen LogP contribution in [0.4, 0.5) is 5.69 Å². The van der Waals surface area contributed by atoms with Crippen LogP contribution in [0.15, 0.2) is 24.3 Å². The molecule has 3 N–H and O–H groups in total. The minimum Gasteiger partial charge on any atom is -0.392 e. The number of β-amino-alcohol motifs (C(OH)–C–C–N with tert-alkyl or cyclic N) is 1. The maximum Gasteiger partial charge on any atom is 0.194 e. The number of quaternary nitrogens is 1. The van der Waals surface area contributed by atoms with Crippen molar-refractivity contribution in [3.05, 3.63) is 29.8 Å². The summed E-state index contributed by atoms with van der Waals surface area (Å²) in [7, 11) is 2.20. The standard InChI is InChI=1S/C27H40N3O3/c1-3-17-18-12-21-24-27(19-8-4-5-9-20(19)28(24)2)13-22(23(18)25(27)32)30(21,26(17)33)15-16(31)14-29-10-6-7-11-29/h4-5,8-9,16-18,21-26,31-33H,3,6-7,10-15H2,1-2H3/q+1/t16?,17-,18-,21-,22-,23-,24-,25+,26+,27+,30?/m0/s1. The first-order valence-corrected chi connectivity index (χ1v) is 13.4. The fourth-order valence-corrected chi connectivity index (χ4v) is 10.4. The molecular formula is C27H40N3O3+. The number of fused-ring (bicyclic) bond motifs is 2. The molecule has 33 heavy (non-hydrogen) atoms. The lowest BCUT2D eigenvalue weighted by atomic mass is 9.60. The molecule has 7 aliphatic rings. The van der Waals surface area contributed by atoms with Gasteiger partial charge in [-0.25, -0.2) is 0 Å². The molecule has 11 atom stereocenters. The SMILES string of the molecule is CC[C@H]1[C@@H]2C[C@H]3[C@@H]4N(C)c5ccccc5[C@]45C[C@@H]([C@H]2[C@H]5O)[N+]3(CC(O)CN2CCCC2)[C@@H]1O. The fourth-order valence-electron chi connectivity index (χ4n) is 10.4. The molecule has 6 heteroatoms. The van der Waals surface area contributed by atoms with Gasteiger partial charge in [-0.2, -0.15) is 0 Å². The number of hydrogen-bond donors (Lipinski definition) is 3. The Bertz CT molecular complexity index is 952. The summed E-state index contributed by atoms with van der Waals surface area (Å²) in [6.45, 7) is 5.70. The number of para-hydroxylation sites is 1. The van der Waals surface area contributed by atoms with Crippen LogP contribution in [-0.2, 0) is 5.41 Å². The van der Waals surface area contributed by atoms with E-state index in [9.17, 15) is 15.3 Å². The summed E-state index contributed by atoms with van der Waals surface area (Å²) in [5.41, 5.74) is 2.34. The summed E-state index contributed by atoms with van der Waals surface area (Å²) in [5.74, 6) is 0.820. The second-order valence-corrected chi connectivity index (χ2v) is 12.2. The van der Waals surface area contributed by atoms with Crippen molar-refractivity contribution in [2.24, 2.45) is 17.8 Å². The van der Waals surface area contributed by atoms with Gasteiger partial charge in [-0.15, -0.1) is 0 Å². The number of aliphatic hydroxyl groups is 3. The normalized spacial score (nSPS) is 50.2. The van der Waals surface area contributed by atoms with Crippen LogP contribution in [0.2, 0.25) is 0 Å². The van der Waals surface area contributed by atoms with Gasteiger partial charge in [0, 0.05) is 44.0 Å². The Kier molecular flexibility index (Phi) is 4.45. The maximum atomic E-state index is 12.1. The van der Waals surface area contributed by atoms with Gasteiger partial charge in [-0.05, 0) is 49.9 Å². The molecule has 6 aliphatic heterocycles. The van der Waals surface area contributed by atoms with Crippen LogP contribution in [0.1, 0.15) is 44.6 Å². The minimum atomic E-state index is -0.438. The molecule has 8 rings (SSSR count). The molecule has 1 saturated carbocycles. The predicted octanol–water partition coefficient (Wildman–Crippen LogP) is 1.53. The van der Waals surface area contributed by atoms with Crippen molar-refractivity contribution in [1.82, 2.24) is 4.90 Å². The first-order valence-electron chi connectivity index (χ1n) is 13.4. The summed E-state index contributed by atoms with van der Waals surface area (Å²) in [4.78, 5) is 4.83. The van der Waals surface area contributed by atoms with Crippen molar-refractivity contribution < 1.29 is 19.8 Å². The first-order chi connectivity index (χ1) is 15.9. The smallest absolute Gasteiger partial charge is 0.194 e. The molecule has 1 aliphatic carbocycles. The van der Waals surface area contributed by atoms with E-state index in [1.165, 1.54) is 24.1 Å². The van der Waals surface area contributed by atoms with E-state index in [4.69, 9.17) is 0 Å². The first kappa shape index (κ1) is 21.1. The summed E-state index contributed by atoms with van der Waals surface area (Å²) >= 11 is 0. The summed E-state index contributed by atoms with van der Waals surface area (Å²) in [5, 5.41) is 35.5. The lowest BCUT2D eigenvalue weighted by Gasteiger charge is -2.68. The number of hydrogen-bond acceptors (Lipinski definition) is 5. The van der Waals surface area contributed by atoms with Gasteiger partial charge in [0.25, 0.3) is 0 Å². The van der Waals surface area contributed by atoms with E-state index in [1.807, 2.05) is 0 Å². The number of anilines is 1. The van der Waals surface area contributed by atoms with Gasteiger partial charge >= 0.3 is 0 Å². The van der Waals surface area contributed by atoms with Crippen LogP contribution >= 0.6 is 0 Å². The Morgan fingerprint density at radius 2 is 1.91 bits per heavy atom. The molecule has 5 saturated heterocycles. The Morgan fingerprint density at radius 3 is 2.67 bits per heavy atom. The van der Waals surface area contributed by atoms with E-state index in [0.29, 0.717) is 23.5 Å². The number of likely N-dealkylation sites (N-methyl/N-ethyl adjacent to an activating group) is 1. The van der Waals surface area contributed by atoms with Crippen LogP contribution in [0, 0.1) is 17.8 Å². The van der Waals surface area contributed by atoms with Gasteiger partial charge < -0.3 is 25.1 Å². The number of aliphatic hydroxyl groups excluding tert-OH is 3. The Labute approximate surface area is 197 Å². The lowest BCUT2D eigenvalue weighted by molar-refractivity contribution is -1.04. The van der Waals surface area contributed by atoms with Gasteiger partial charge in [-0.1, -0.05) is 25.1 Å². The zero-order valence-electron chi connectivity index (χ0n) is 20.1. The van der Waals surface area contributed by atoms with Gasteiger partial charge in [0.2, 0.25) is 0 Å². The highest BCUT2D eigenvalue weighted by molar-refractivity contribution is 5.66. The number of rotatable bonds is 5. The minimum absolute atomic E-state index is 0.183. The van der Waals surface area contributed by atoms with Gasteiger partial charge in [0.05, 0.1) is 23.6 Å². The highest BCUT2D eigenvalue weighted by Gasteiger charge is 2.83. The van der Waals surface area contributed by atoms with E-state index >= 15 is 0 Å². The van der Waals surface area contributed by atoms with Crippen molar-refractivity contribution >= 4 is 5.69 Å². The molecule has 1 spiro atoms. The molecule has 6 fully saturated rings. The van der Waals surface area contributed by atoms with Crippen LogP contribution in [0.5, 0.6) is 0 Å². The van der Waals surface area contributed by atoms with Crippen molar-refractivity contribution in [3.8, 4) is 0 Å². The number of likely N-dealkylation sites (tertiary alicyclic amines) is 1. The van der Waals surface area contributed by atoms with Crippen molar-refractivity contribution in [2.75, 3.05) is 38.1 Å². The number of benzene rings is 1. The average Bonchev–Trinajstić information content (AvgIpc) is 3.45. The Hall–Kier alpha value is -1.18. The quantitative estimate of drug-likeness (QED) is 0.589. The van der Waals surface area contributed by atoms with Crippen LogP contribution in [-0.4, -0.2) is 94.5 Å². The van der Waals surface area contributed by atoms with E-state index in [2.05, 4.69) is 48.0 Å². The topological polar surface area (TPSA) is 67.2 Å². The van der Waals surface area contributed by atoms with E-state index in [-0.39, 0.29) is 41.5 Å². The number of piperidine rings is 4. The van der Waals surface area contributed by atoms with E-state index in [1.54, 1.807) is 0 Å². The predicted molar refractivity (Wildman–Crippen MR) is 127 cm³/mol. The summed E-state index contributed by atoms with van der Waals surface area (Å²) in [6.07, 6.45) is 4.15. The molecule has 5 bridgehead atoms. The average molecular weight is 455 g/mol. The Morgan fingerprint density at radius 1 is 1.15 bits per heavy atom. The highest BCUT2D eigenvalue weighted by atomic mass is 16.3. The zero-order valence-corrected chi connectivity index (χ0v) is 20.1. The monoisotopic (exact) mass is 454 g/mol. The van der Waals surface area contributed by atoms with Crippen molar-refractivity contribution in [3.63, 3.8) is 0 Å². The van der Waals surface area contributed by atoms with Gasteiger partial charge in [-0.3, -0.25) is 4.48 Å². The summed E-state index contributed by atoms with van der Waals surface area (Å²) in [6, 6.07) is 9.38. The molecule has 0 amide bonds. The molecule has 2 unspecified atom stereocenters. The van der Waals surface area contributed by atoms with Gasteiger partial charge in [0.15, 0.2) is 6.23 Å². The lowest BCUT2D eigenvalue weighted by Crippen LogP contribution is -2.84. The zero-order chi connectivity index (χ0) is 22.7. The van der Waals surface area contributed by atoms with Crippen molar-refractivity contribution in [1.29, 1.82) is 0 Å². The second kappa shape index (κ2) is 6.94. The summed E-state index contributed by atoms with van der Waals surface area (Å²) < 4.78 is 0.622. The van der Waals surface area contributed by atoms with E-state index < -0.39 is 12.3 Å². The third kappa shape index (κ3) is 2.33. The molecule has 180 valence electrons. The second-order valence-electron chi connectivity index (χ2n) is 12.2. The Balaban J connectivity index is 1.35. The number of nitrogens with zero attached hydrogens (tertiary/aromatic N) is 3. The van der Waals surface area contributed by atoms with Crippen LogP contribution in [0.25, 0.3) is 0 Å². The molecule has 1 aromatic carbocycles. The largest absolute Gasteiger partial charge is 0.392 e. The molecule has 1 aromatic rings. The third-order valence-electron chi connectivity index (χ3n) is 11.3. The third-order valence-corrected chi connectivity index (χ3v) is 11.3. The van der Waals surface area contributed by atoms with Crippen LogP contribution in [0.3, 0.4) is 0 Å². The molecule has 6 heterocycles. The van der Waals surface area contributed by atoms with Crippen molar-refractivity contribution in [2.45, 2.75) is 81.0 Å². The van der Waals surface area contributed by atoms with E-state index in [0.717, 1.165) is 32.4 Å². The molecular weight excluding hydrogens is 414 g/mol. The van der Waals surface area contributed by atoms with Gasteiger partial charge in [0.1, 0.15) is 18.7 Å². The van der Waals surface area contributed by atoms with Crippen LogP contribution < -0.4 is 4.90 Å². The fraction of sp³-hybridized carbons (Fsp3) is 0.778.